The average molecular weight is 201 g/mol. The van der Waals surface area contributed by atoms with Crippen molar-refractivity contribution < 1.29 is 0 Å². The van der Waals surface area contributed by atoms with Gasteiger partial charge in [0.05, 0.1) is 0 Å². The Morgan fingerprint density at radius 3 is 1.87 bits per heavy atom. The second kappa shape index (κ2) is 12.7. The van der Waals surface area contributed by atoms with Gasteiger partial charge in [0.2, 0.25) is 0 Å². The fourth-order valence-corrected chi connectivity index (χ4v) is 0.960. The molecule has 0 saturated carbocycles. The standard InChI is InChI=1S/C15H21/c1-3-5-7-9-11-13-15-14-12-10-8-6-4-2/h3,5,7,9-15H,1,4,6,8H2,2H3/b5-3+,9-7+,12-10+,13-11+,15-14+. The first-order valence-corrected chi connectivity index (χ1v) is 5.52. The Morgan fingerprint density at radius 2 is 1.33 bits per heavy atom. The third kappa shape index (κ3) is 12.7. The molecule has 0 nitrogen and oxygen atoms in total. The Hall–Kier alpha value is -1.30. The van der Waals surface area contributed by atoms with Crippen LogP contribution in [0.1, 0.15) is 26.2 Å². The van der Waals surface area contributed by atoms with Gasteiger partial charge in [-0.25, -0.2) is 0 Å². The lowest BCUT2D eigenvalue weighted by Crippen LogP contribution is -1.64. The van der Waals surface area contributed by atoms with Crippen LogP contribution in [0, 0.1) is 6.92 Å². The van der Waals surface area contributed by atoms with E-state index in [1.807, 2.05) is 36.5 Å². The molecule has 0 amide bonds. The van der Waals surface area contributed by atoms with Crippen molar-refractivity contribution in [3.05, 3.63) is 67.7 Å². The summed E-state index contributed by atoms with van der Waals surface area (Å²) in [6, 6.07) is 0. The van der Waals surface area contributed by atoms with Gasteiger partial charge in [-0.05, 0) is 13.3 Å². The summed E-state index contributed by atoms with van der Waals surface area (Å²) in [6.45, 7) is 5.80. The lowest BCUT2D eigenvalue weighted by Gasteiger charge is -1.84. The van der Waals surface area contributed by atoms with Gasteiger partial charge < -0.3 is 0 Å². The van der Waals surface area contributed by atoms with Crippen molar-refractivity contribution >= 4 is 0 Å². The first kappa shape index (κ1) is 13.7. The zero-order chi connectivity index (χ0) is 11.2. The van der Waals surface area contributed by atoms with Gasteiger partial charge in [0, 0.05) is 0 Å². The summed E-state index contributed by atoms with van der Waals surface area (Å²) >= 11 is 0. The van der Waals surface area contributed by atoms with Gasteiger partial charge >= 0.3 is 0 Å². The first-order chi connectivity index (χ1) is 7.41. The van der Waals surface area contributed by atoms with Crippen LogP contribution in [0.3, 0.4) is 0 Å². The quantitative estimate of drug-likeness (QED) is 0.410. The van der Waals surface area contributed by atoms with Crippen molar-refractivity contribution in [2.45, 2.75) is 26.2 Å². The van der Waals surface area contributed by atoms with Crippen molar-refractivity contribution in [3.63, 3.8) is 0 Å². The van der Waals surface area contributed by atoms with Crippen LogP contribution in [0.25, 0.3) is 0 Å². The molecular formula is C15H21. The maximum atomic E-state index is 3.59. The van der Waals surface area contributed by atoms with Crippen LogP contribution in [0.4, 0.5) is 0 Å². The van der Waals surface area contributed by atoms with E-state index in [0.29, 0.717) is 0 Å². The van der Waals surface area contributed by atoms with Gasteiger partial charge in [-0.3, -0.25) is 0 Å². The molecule has 0 unspecified atom stereocenters. The van der Waals surface area contributed by atoms with Crippen LogP contribution in [0.2, 0.25) is 0 Å². The van der Waals surface area contributed by atoms with Gasteiger partial charge in [0.1, 0.15) is 0 Å². The van der Waals surface area contributed by atoms with Crippen LogP contribution in [-0.4, -0.2) is 0 Å². The van der Waals surface area contributed by atoms with E-state index < -0.39 is 0 Å². The van der Waals surface area contributed by atoms with Crippen molar-refractivity contribution in [2.75, 3.05) is 0 Å². The van der Waals surface area contributed by atoms with Crippen LogP contribution in [0.5, 0.6) is 0 Å². The van der Waals surface area contributed by atoms with Crippen molar-refractivity contribution in [3.8, 4) is 0 Å². The van der Waals surface area contributed by atoms with E-state index in [2.05, 4.69) is 32.1 Å². The highest BCUT2D eigenvalue weighted by atomic mass is 13.8. The SMILES string of the molecule is [CH2]/C=C/C=C/C=C/C=C/C=C/CCCC. The molecule has 0 heterocycles. The van der Waals surface area contributed by atoms with E-state index in [4.69, 9.17) is 0 Å². The molecule has 81 valence electrons. The van der Waals surface area contributed by atoms with Crippen LogP contribution in [-0.2, 0) is 0 Å². The third-order valence-corrected chi connectivity index (χ3v) is 1.77. The summed E-state index contributed by atoms with van der Waals surface area (Å²) in [4.78, 5) is 0. The number of hydrogen-bond acceptors (Lipinski definition) is 0. The molecule has 15 heavy (non-hydrogen) atoms. The van der Waals surface area contributed by atoms with Gasteiger partial charge in [-0.1, -0.05) is 80.5 Å². The fraction of sp³-hybridized carbons (Fsp3) is 0.267. The summed E-state index contributed by atoms with van der Waals surface area (Å²) in [5.74, 6) is 0. The van der Waals surface area contributed by atoms with E-state index in [-0.39, 0.29) is 0 Å². The third-order valence-electron chi connectivity index (χ3n) is 1.77. The Bertz CT molecular complexity index is 249. The molecule has 0 bridgehead atoms. The number of allylic oxidation sites excluding steroid dienone is 10. The molecule has 1 radical (unpaired) electrons. The Balaban J connectivity index is 3.56. The van der Waals surface area contributed by atoms with E-state index in [0.717, 1.165) is 0 Å². The summed E-state index contributed by atoms with van der Waals surface area (Å²) in [7, 11) is 0. The number of rotatable bonds is 7. The van der Waals surface area contributed by atoms with E-state index in [1.54, 1.807) is 6.08 Å². The summed E-state index contributed by atoms with van der Waals surface area (Å²) in [5, 5.41) is 0. The molecular weight excluding hydrogens is 180 g/mol. The largest absolute Gasteiger partial charge is 0.0845 e. The predicted molar refractivity (Wildman–Crippen MR) is 70.6 cm³/mol. The number of hydrogen-bond donors (Lipinski definition) is 0. The highest BCUT2D eigenvalue weighted by Crippen LogP contribution is 1.94. The van der Waals surface area contributed by atoms with Crippen molar-refractivity contribution in [1.29, 1.82) is 0 Å². The maximum absolute atomic E-state index is 3.59. The van der Waals surface area contributed by atoms with E-state index >= 15 is 0 Å². The average Bonchev–Trinajstić information content (AvgIpc) is 2.26. The minimum Gasteiger partial charge on any atom is -0.0845 e. The minimum absolute atomic E-state index is 1.18. The normalized spacial score (nSPS) is 13.5. The fourth-order valence-electron chi connectivity index (χ4n) is 0.960. The van der Waals surface area contributed by atoms with E-state index in [1.165, 1.54) is 19.3 Å². The van der Waals surface area contributed by atoms with Crippen LogP contribution < -0.4 is 0 Å². The highest BCUT2D eigenvalue weighted by molar-refractivity contribution is 5.17. The molecule has 0 aliphatic heterocycles. The Kier molecular flexibility index (Phi) is 11.6. The second-order valence-corrected chi connectivity index (χ2v) is 3.15. The molecule has 0 aliphatic carbocycles. The van der Waals surface area contributed by atoms with E-state index in [9.17, 15) is 0 Å². The maximum Gasteiger partial charge on any atom is -0.0313 e. The molecule has 0 spiro atoms. The Labute approximate surface area is 94.4 Å². The van der Waals surface area contributed by atoms with Crippen LogP contribution >= 0.6 is 0 Å². The topological polar surface area (TPSA) is 0 Å². The molecule has 0 aromatic heterocycles. The molecule has 0 fully saturated rings. The summed E-state index contributed by atoms with van der Waals surface area (Å²) < 4.78 is 0. The summed E-state index contributed by atoms with van der Waals surface area (Å²) in [5.41, 5.74) is 0. The highest BCUT2D eigenvalue weighted by Gasteiger charge is 1.74. The first-order valence-electron chi connectivity index (χ1n) is 5.52. The van der Waals surface area contributed by atoms with Gasteiger partial charge in [-0.2, -0.15) is 0 Å². The summed E-state index contributed by atoms with van der Waals surface area (Å²) in [6.07, 6.45) is 23.7. The van der Waals surface area contributed by atoms with Crippen molar-refractivity contribution in [1.82, 2.24) is 0 Å². The second-order valence-electron chi connectivity index (χ2n) is 3.15. The molecule has 0 aromatic rings. The molecule has 0 heteroatoms. The molecule has 0 saturated heterocycles. The number of unbranched alkanes of at least 4 members (excludes halogenated alkanes) is 2. The molecule has 0 aromatic carbocycles. The van der Waals surface area contributed by atoms with Crippen LogP contribution in [0.15, 0.2) is 60.8 Å². The lowest BCUT2D eigenvalue weighted by molar-refractivity contribution is 0.815. The Morgan fingerprint density at radius 1 is 0.800 bits per heavy atom. The van der Waals surface area contributed by atoms with Crippen molar-refractivity contribution in [2.24, 2.45) is 0 Å². The smallest absolute Gasteiger partial charge is 0.0313 e. The molecule has 0 rings (SSSR count). The minimum atomic E-state index is 1.18. The zero-order valence-corrected chi connectivity index (χ0v) is 9.60. The monoisotopic (exact) mass is 201 g/mol. The van der Waals surface area contributed by atoms with Gasteiger partial charge in [-0.15, -0.1) is 0 Å². The molecule has 0 atom stereocenters. The van der Waals surface area contributed by atoms with Gasteiger partial charge in [0.15, 0.2) is 0 Å². The lowest BCUT2D eigenvalue weighted by atomic mass is 10.2. The molecule has 0 N–H and O–H groups in total. The predicted octanol–water partition coefficient (Wildman–Crippen LogP) is 4.79. The van der Waals surface area contributed by atoms with Gasteiger partial charge in [0.25, 0.3) is 0 Å². The zero-order valence-electron chi connectivity index (χ0n) is 9.60. The molecule has 0 aliphatic rings.